The summed E-state index contributed by atoms with van der Waals surface area (Å²) in [5.41, 5.74) is 5.56. The Bertz CT molecular complexity index is 288. The van der Waals surface area contributed by atoms with Gasteiger partial charge < -0.3 is 11.1 Å². The number of nitrogens with one attached hydrogen (secondary N) is 1. The molecule has 1 rings (SSSR count). The SMILES string of the molecule is CC1CC(C)CN(C(C)(C)CNC(=O)[C@@H](C)N)C1.Cl.Cl. The Kier molecular flexibility index (Phi) is 10.1. The third-order valence-corrected chi connectivity index (χ3v) is 3.83. The monoisotopic (exact) mass is 327 g/mol. The molecule has 0 saturated carbocycles. The van der Waals surface area contributed by atoms with Crippen LogP contribution in [-0.4, -0.2) is 42.0 Å². The number of piperidine rings is 1. The van der Waals surface area contributed by atoms with Crippen molar-refractivity contribution >= 4 is 30.7 Å². The summed E-state index contributed by atoms with van der Waals surface area (Å²) in [5, 5.41) is 2.94. The lowest BCUT2D eigenvalue weighted by Gasteiger charge is -2.45. The predicted octanol–water partition coefficient (Wildman–Crippen LogP) is 2.05. The molecule has 0 radical (unpaired) electrons. The van der Waals surface area contributed by atoms with Crippen LogP contribution in [0.3, 0.4) is 0 Å². The molecule has 0 aromatic rings. The predicted molar refractivity (Wildman–Crippen MR) is 89.8 cm³/mol. The van der Waals surface area contributed by atoms with E-state index >= 15 is 0 Å². The first-order valence-corrected chi connectivity index (χ1v) is 7.00. The number of carbonyl (C=O) groups excluding carboxylic acids is 1. The van der Waals surface area contributed by atoms with Crippen molar-refractivity contribution in [3.8, 4) is 0 Å². The summed E-state index contributed by atoms with van der Waals surface area (Å²) in [6.45, 7) is 13.6. The second-order valence-corrected chi connectivity index (χ2v) is 6.67. The van der Waals surface area contributed by atoms with Crippen LogP contribution in [0.5, 0.6) is 0 Å². The van der Waals surface area contributed by atoms with Crippen molar-refractivity contribution in [3.63, 3.8) is 0 Å². The maximum absolute atomic E-state index is 11.5. The van der Waals surface area contributed by atoms with Gasteiger partial charge in [0.15, 0.2) is 0 Å². The van der Waals surface area contributed by atoms with E-state index in [-0.39, 0.29) is 36.3 Å². The summed E-state index contributed by atoms with van der Waals surface area (Å²) in [6.07, 6.45) is 1.30. The topological polar surface area (TPSA) is 58.4 Å². The molecule has 1 fully saturated rings. The summed E-state index contributed by atoms with van der Waals surface area (Å²) in [4.78, 5) is 14.0. The number of nitrogens with two attached hydrogens (primary N) is 1. The summed E-state index contributed by atoms with van der Waals surface area (Å²) in [6, 6.07) is -0.431. The fourth-order valence-corrected chi connectivity index (χ4v) is 2.73. The third kappa shape index (κ3) is 6.61. The molecule has 3 N–H and O–H groups in total. The zero-order valence-electron chi connectivity index (χ0n) is 13.3. The molecule has 20 heavy (non-hydrogen) atoms. The first-order chi connectivity index (χ1) is 8.22. The van der Waals surface area contributed by atoms with Crippen LogP contribution in [0.2, 0.25) is 0 Å². The van der Waals surface area contributed by atoms with Gasteiger partial charge in [0.2, 0.25) is 5.91 Å². The van der Waals surface area contributed by atoms with Gasteiger partial charge in [0.05, 0.1) is 6.04 Å². The molecule has 0 aromatic heterocycles. The Balaban J connectivity index is 0. The number of hydrogen-bond acceptors (Lipinski definition) is 3. The molecule has 122 valence electrons. The van der Waals surface area contributed by atoms with Crippen molar-refractivity contribution in [3.05, 3.63) is 0 Å². The van der Waals surface area contributed by atoms with Gasteiger partial charge in [-0.15, -0.1) is 24.8 Å². The number of amides is 1. The highest BCUT2D eigenvalue weighted by Crippen LogP contribution is 2.26. The minimum atomic E-state index is -0.431. The van der Waals surface area contributed by atoms with E-state index in [0.717, 1.165) is 24.9 Å². The van der Waals surface area contributed by atoms with Crippen LogP contribution in [0.25, 0.3) is 0 Å². The van der Waals surface area contributed by atoms with Crippen LogP contribution in [0.4, 0.5) is 0 Å². The maximum Gasteiger partial charge on any atom is 0.236 e. The highest BCUT2D eigenvalue weighted by atomic mass is 35.5. The Morgan fingerprint density at radius 3 is 2.15 bits per heavy atom. The molecule has 2 unspecified atom stereocenters. The van der Waals surface area contributed by atoms with Crippen molar-refractivity contribution in [2.75, 3.05) is 19.6 Å². The summed E-state index contributed by atoms with van der Waals surface area (Å²) in [7, 11) is 0. The fraction of sp³-hybridized carbons (Fsp3) is 0.929. The number of likely N-dealkylation sites (tertiary alicyclic amines) is 1. The molecule has 0 spiro atoms. The molecular formula is C14H31Cl2N3O. The standard InChI is InChI=1S/C14H29N3O.2ClH/c1-10-6-11(2)8-17(7-10)14(4,5)9-16-13(18)12(3)15;;/h10-12H,6-9,15H2,1-5H3,(H,16,18);2*1H/t10?,11?,12-;;/m1../s1. The fourth-order valence-electron chi connectivity index (χ4n) is 2.73. The Hall–Kier alpha value is -0.0300. The normalized spacial score (nSPS) is 25.1. The number of carbonyl (C=O) groups is 1. The molecule has 6 heteroatoms. The highest BCUT2D eigenvalue weighted by molar-refractivity contribution is 5.85. The van der Waals surface area contributed by atoms with E-state index in [9.17, 15) is 4.79 Å². The highest BCUT2D eigenvalue weighted by Gasteiger charge is 2.32. The maximum atomic E-state index is 11.5. The van der Waals surface area contributed by atoms with Crippen LogP contribution < -0.4 is 11.1 Å². The minimum Gasteiger partial charge on any atom is -0.353 e. The van der Waals surface area contributed by atoms with E-state index in [1.165, 1.54) is 6.42 Å². The quantitative estimate of drug-likeness (QED) is 0.830. The number of halogens is 2. The molecule has 1 heterocycles. The Labute approximate surface area is 136 Å². The van der Waals surface area contributed by atoms with Crippen LogP contribution >= 0.6 is 24.8 Å². The molecule has 4 nitrogen and oxygen atoms in total. The van der Waals surface area contributed by atoms with Crippen LogP contribution in [0, 0.1) is 11.8 Å². The van der Waals surface area contributed by atoms with Gasteiger partial charge in [0.25, 0.3) is 0 Å². The first kappa shape index (κ1) is 22.3. The lowest BCUT2D eigenvalue weighted by molar-refractivity contribution is -0.122. The number of nitrogens with zero attached hydrogens (tertiary/aromatic N) is 1. The van der Waals surface area contributed by atoms with Crippen molar-refractivity contribution in [2.24, 2.45) is 17.6 Å². The molecule has 0 aromatic carbocycles. The van der Waals surface area contributed by atoms with Gasteiger partial charge >= 0.3 is 0 Å². The van der Waals surface area contributed by atoms with Crippen molar-refractivity contribution in [2.45, 2.75) is 52.6 Å². The van der Waals surface area contributed by atoms with Crippen LogP contribution in [-0.2, 0) is 4.79 Å². The van der Waals surface area contributed by atoms with Gasteiger partial charge in [0, 0.05) is 25.2 Å². The van der Waals surface area contributed by atoms with Crippen molar-refractivity contribution < 1.29 is 4.79 Å². The van der Waals surface area contributed by atoms with Crippen LogP contribution in [0.1, 0.15) is 41.0 Å². The van der Waals surface area contributed by atoms with Gasteiger partial charge in [-0.2, -0.15) is 0 Å². The van der Waals surface area contributed by atoms with Crippen molar-refractivity contribution in [1.82, 2.24) is 10.2 Å². The lowest BCUT2D eigenvalue weighted by Crippen LogP contribution is -2.57. The zero-order chi connectivity index (χ0) is 13.9. The molecule has 0 bridgehead atoms. The minimum absolute atomic E-state index is 0. The summed E-state index contributed by atoms with van der Waals surface area (Å²) in [5.74, 6) is 1.40. The van der Waals surface area contributed by atoms with E-state index < -0.39 is 6.04 Å². The lowest BCUT2D eigenvalue weighted by atomic mass is 9.88. The molecular weight excluding hydrogens is 297 g/mol. The number of hydrogen-bond donors (Lipinski definition) is 2. The van der Waals surface area contributed by atoms with Crippen LogP contribution in [0.15, 0.2) is 0 Å². The Morgan fingerprint density at radius 2 is 1.75 bits per heavy atom. The Morgan fingerprint density at radius 1 is 1.30 bits per heavy atom. The largest absolute Gasteiger partial charge is 0.353 e. The van der Waals surface area contributed by atoms with E-state index in [4.69, 9.17) is 5.73 Å². The second kappa shape index (κ2) is 9.08. The molecule has 1 aliphatic heterocycles. The smallest absolute Gasteiger partial charge is 0.236 e. The van der Waals surface area contributed by atoms with Crippen molar-refractivity contribution in [1.29, 1.82) is 0 Å². The summed E-state index contributed by atoms with van der Waals surface area (Å²) >= 11 is 0. The molecule has 1 amide bonds. The van der Waals surface area contributed by atoms with Gasteiger partial charge in [0.1, 0.15) is 0 Å². The molecule has 1 saturated heterocycles. The number of rotatable bonds is 4. The van der Waals surface area contributed by atoms with Gasteiger partial charge in [-0.3, -0.25) is 9.69 Å². The molecule has 0 aliphatic carbocycles. The molecule has 3 atom stereocenters. The van der Waals surface area contributed by atoms with E-state index in [0.29, 0.717) is 6.54 Å². The van der Waals surface area contributed by atoms with Gasteiger partial charge in [-0.25, -0.2) is 0 Å². The van der Waals surface area contributed by atoms with E-state index in [1.807, 2.05) is 0 Å². The third-order valence-electron chi connectivity index (χ3n) is 3.83. The van der Waals surface area contributed by atoms with Gasteiger partial charge in [-0.05, 0) is 39.0 Å². The second-order valence-electron chi connectivity index (χ2n) is 6.67. The zero-order valence-corrected chi connectivity index (χ0v) is 14.9. The van der Waals surface area contributed by atoms with E-state index in [1.54, 1.807) is 6.92 Å². The summed E-state index contributed by atoms with van der Waals surface area (Å²) < 4.78 is 0. The first-order valence-electron chi connectivity index (χ1n) is 7.00. The average molecular weight is 328 g/mol. The van der Waals surface area contributed by atoms with Gasteiger partial charge in [-0.1, -0.05) is 13.8 Å². The average Bonchev–Trinajstić information content (AvgIpc) is 2.24. The molecule has 1 aliphatic rings. The van der Waals surface area contributed by atoms with E-state index in [2.05, 4.69) is 37.9 Å².